The Hall–Kier alpha value is -1.91. The van der Waals surface area contributed by atoms with Crippen LogP contribution in [0.4, 0.5) is 5.95 Å². The Bertz CT molecular complexity index is 688. The number of imidazole rings is 1. The second kappa shape index (κ2) is 5.95. The van der Waals surface area contributed by atoms with E-state index in [1.54, 1.807) is 0 Å². The molecule has 1 saturated heterocycles. The summed E-state index contributed by atoms with van der Waals surface area (Å²) in [5, 5.41) is 0. The molecule has 0 amide bonds. The summed E-state index contributed by atoms with van der Waals surface area (Å²) < 4.78 is 2.14. The molecule has 23 heavy (non-hydrogen) atoms. The van der Waals surface area contributed by atoms with Gasteiger partial charge in [-0.3, -0.25) is 0 Å². The first-order valence-corrected chi connectivity index (χ1v) is 8.78. The first-order valence-electron chi connectivity index (χ1n) is 8.78. The third-order valence-corrected chi connectivity index (χ3v) is 5.31. The molecule has 2 aromatic heterocycles. The average Bonchev–Trinajstić information content (AvgIpc) is 2.91. The van der Waals surface area contributed by atoms with E-state index < -0.39 is 0 Å². The molecule has 1 atom stereocenters. The Kier molecular flexibility index (Phi) is 3.79. The van der Waals surface area contributed by atoms with Crippen molar-refractivity contribution < 1.29 is 0 Å². The van der Waals surface area contributed by atoms with E-state index in [4.69, 9.17) is 9.97 Å². The number of rotatable bonds is 3. The van der Waals surface area contributed by atoms with Crippen molar-refractivity contribution in [2.45, 2.75) is 50.9 Å². The highest BCUT2D eigenvalue weighted by atomic mass is 15.3. The van der Waals surface area contributed by atoms with Gasteiger partial charge in [0.1, 0.15) is 5.82 Å². The number of aromatic nitrogens is 4. The van der Waals surface area contributed by atoms with E-state index in [2.05, 4.69) is 34.5 Å². The molecule has 3 heterocycles. The molecule has 2 fully saturated rings. The predicted molar refractivity (Wildman–Crippen MR) is 90.8 cm³/mol. The van der Waals surface area contributed by atoms with Gasteiger partial charge in [0, 0.05) is 55.8 Å². The first kappa shape index (κ1) is 14.7. The monoisotopic (exact) mass is 311 g/mol. The molecule has 1 aliphatic heterocycles. The molecule has 4 rings (SSSR count). The molecule has 0 N–H and O–H groups in total. The van der Waals surface area contributed by atoms with Crippen LogP contribution in [0.3, 0.4) is 0 Å². The summed E-state index contributed by atoms with van der Waals surface area (Å²) in [6.07, 6.45) is 10.2. The summed E-state index contributed by atoms with van der Waals surface area (Å²) in [7, 11) is 2.08. The van der Waals surface area contributed by atoms with Crippen LogP contribution in [0.15, 0.2) is 18.5 Å². The van der Waals surface area contributed by atoms with Gasteiger partial charge >= 0.3 is 0 Å². The molecule has 2 aromatic rings. The van der Waals surface area contributed by atoms with Gasteiger partial charge in [0.25, 0.3) is 0 Å². The van der Waals surface area contributed by atoms with Crippen LogP contribution < -0.4 is 4.90 Å². The normalized spacial score (nSPS) is 22.2. The van der Waals surface area contributed by atoms with Crippen molar-refractivity contribution in [2.75, 3.05) is 18.0 Å². The second-order valence-corrected chi connectivity index (χ2v) is 7.04. The van der Waals surface area contributed by atoms with Gasteiger partial charge in [0.15, 0.2) is 0 Å². The van der Waals surface area contributed by atoms with Crippen molar-refractivity contribution in [1.82, 2.24) is 19.5 Å². The molecule has 0 radical (unpaired) electrons. The number of anilines is 1. The van der Waals surface area contributed by atoms with Crippen molar-refractivity contribution in [1.29, 1.82) is 0 Å². The molecule has 122 valence electrons. The summed E-state index contributed by atoms with van der Waals surface area (Å²) in [4.78, 5) is 16.5. The number of aryl methyl sites for hydroxylation is 2. The number of hydrogen-bond donors (Lipinski definition) is 0. The van der Waals surface area contributed by atoms with Gasteiger partial charge in [0.2, 0.25) is 5.95 Å². The van der Waals surface area contributed by atoms with Gasteiger partial charge in [-0.2, -0.15) is 0 Å². The van der Waals surface area contributed by atoms with E-state index >= 15 is 0 Å². The highest BCUT2D eigenvalue weighted by molar-refractivity contribution is 5.35. The molecule has 0 spiro atoms. The number of piperidine rings is 1. The predicted octanol–water partition coefficient (Wildman–Crippen LogP) is 3.17. The van der Waals surface area contributed by atoms with E-state index in [9.17, 15) is 0 Å². The minimum absolute atomic E-state index is 0.472. The molecular formula is C18H25N5. The fourth-order valence-electron chi connectivity index (χ4n) is 3.77. The summed E-state index contributed by atoms with van der Waals surface area (Å²) in [6, 6.07) is 2.17. The average molecular weight is 311 g/mol. The fraction of sp³-hybridized carbons (Fsp3) is 0.611. The fourth-order valence-corrected chi connectivity index (χ4v) is 3.77. The van der Waals surface area contributed by atoms with E-state index in [1.807, 2.05) is 12.4 Å². The SMILES string of the molecule is Cc1cc(C2CCC2)nc(N2CCC[C@H](c3nccn3C)C2)n1. The highest BCUT2D eigenvalue weighted by Crippen LogP contribution is 2.36. The quantitative estimate of drug-likeness (QED) is 0.873. The molecule has 0 bridgehead atoms. The van der Waals surface area contributed by atoms with Crippen molar-refractivity contribution in [2.24, 2.45) is 7.05 Å². The maximum atomic E-state index is 4.91. The lowest BCUT2D eigenvalue weighted by Gasteiger charge is -2.33. The molecule has 5 heteroatoms. The minimum Gasteiger partial charge on any atom is -0.340 e. The van der Waals surface area contributed by atoms with E-state index in [0.717, 1.165) is 24.7 Å². The molecular weight excluding hydrogens is 286 g/mol. The lowest BCUT2D eigenvalue weighted by Crippen LogP contribution is -2.36. The van der Waals surface area contributed by atoms with Crippen molar-refractivity contribution >= 4 is 5.95 Å². The van der Waals surface area contributed by atoms with E-state index in [0.29, 0.717) is 11.8 Å². The summed E-state index contributed by atoms with van der Waals surface area (Å²) in [5.74, 6) is 3.23. The van der Waals surface area contributed by atoms with Crippen LogP contribution in [-0.4, -0.2) is 32.6 Å². The zero-order valence-electron chi connectivity index (χ0n) is 14.1. The third-order valence-electron chi connectivity index (χ3n) is 5.31. The number of hydrogen-bond acceptors (Lipinski definition) is 4. The summed E-state index contributed by atoms with van der Waals surface area (Å²) >= 11 is 0. The Balaban J connectivity index is 1.57. The Labute approximate surface area is 137 Å². The Morgan fingerprint density at radius 3 is 2.61 bits per heavy atom. The maximum Gasteiger partial charge on any atom is 0.225 e. The first-order chi connectivity index (χ1) is 11.2. The standard InChI is InChI=1S/C18H25N5/c1-13-11-16(14-5-3-6-14)21-18(20-13)23-9-4-7-15(12-23)17-19-8-10-22(17)2/h8,10-11,14-15H,3-7,9,12H2,1-2H3/t15-/m0/s1. The van der Waals surface area contributed by atoms with Crippen molar-refractivity contribution in [3.63, 3.8) is 0 Å². The van der Waals surface area contributed by atoms with Crippen LogP contribution in [0, 0.1) is 6.92 Å². The van der Waals surface area contributed by atoms with Crippen LogP contribution in [0.2, 0.25) is 0 Å². The summed E-state index contributed by atoms with van der Waals surface area (Å²) in [5.41, 5.74) is 2.34. The third kappa shape index (κ3) is 2.84. The van der Waals surface area contributed by atoms with E-state index in [1.165, 1.54) is 43.6 Å². The lowest BCUT2D eigenvalue weighted by atomic mass is 9.82. The van der Waals surface area contributed by atoms with Crippen LogP contribution in [0.5, 0.6) is 0 Å². The molecule has 2 aliphatic rings. The zero-order valence-corrected chi connectivity index (χ0v) is 14.1. The molecule has 1 aliphatic carbocycles. The van der Waals surface area contributed by atoms with Gasteiger partial charge < -0.3 is 9.47 Å². The molecule has 5 nitrogen and oxygen atoms in total. The van der Waals surface area contributed by atoms with E-state index in [-0.39, 0.29) is 0 Å². The zero-order chi connectivity index (χ0) is 15.8. The van der Waals surface area contributed by atoms with Crippen LogP contribution in [0.25, 0.3) is 0 Å². The minimum atomic E-state index is 0.472. The molecule has 1 saturated carbocycles. The highest BCUT2D eigenvalue weighted by Gasteiger charge is 2.27. The number of nitrogens with zero attached hydrogens (tertiary/aromatic N) is 5. The van der Waals surface area contributed by atoms with Crippen molar-refractivity contribution in [3.8, 4) is 0 Å². The van der Waals surface area contributed by atoms with Gasteiger partial charge in [-0.25, -0.2) is 15.0 Å². The van der Waals surface area contributed by atoms with Crippen LogP contribution in [-0.2, 0) is 7.05 Å². The van der Waals surface area contributed by atoms with Gasteiger partial charge in [-0.1, -0.05) is 6.42 Å². The summed E-state index contributed by atoms with van der Waals surface area (Å²) in [6.45, 7) is 4.11. The van der Waals surface area contributed by atoms with Gasteiger partial charge in [0.05, 0.1) is 0 Å². The smallest absolute Gasteiger partial charge is 0.225 e. The Morgan fingerprint density at radius 1 is 1.09 bits per heavy atom. The van der Waals surface area contributed by atoms with Crippen LogP contribution >= 0.6 is 0 Å². The largest absolute Gasteiger partial charge is 0.340 e. The Morgan fingerprint density at radius 2 is 1.91 bits per heavy atom. The molecule has 0 aromatic carbocycles. The topological polar surface area (TPSA) is 46.8 Å². The lowest BCUT2D eigenvalue weighted by molar-refractivity contribution is 0.409. The van der Waals surface area contributed by atoms with Gasteiger partial charge in [-0.05, 0) is 38.7 Å². The van der Waals surface area contributed by atoms with Gasteiger partial charge in [-0.15, -0.1) is 0 Å². The maximum absolute atomic E-state index is 4.91. The van der Waals surface area contributed by atoms with Crippen LogP contribution in [0.1, 0.15) is 61.2 Å². The second-order valence-electron chi connectivity index (χ2n) is 7.04. The van der Waals surface area contributed by atoms with Crippen molar-refractivity contribution in [3.05, 3.63) is 35.7 Å². The molecule has 0 unspecified atom stereocenters.